The highest BCUT2D eigenvalue weighted by Gasteiger charge is 2.18. The van der Waals surface area contributed by atoms with Crippen LogP contribution in [0, 0.1) is 0 Å². The van der Waals surface area contributed by atoms with Crippen LogP contribution in [0.1, 0.15) is 25.3 Å². The molecule has 3 rings (SSSR count). The highest BCUT2D eigenvalue weighted by molar-refractivity contribution is 8.00. The molecule has 1 heterocycles. The number of nitrogens with one attached hydrogen (secondary N) is 1. The molecule has 0 aliphatic carbocycles. The summed E-state index contributed by atoms with van der Waals surface area (Å²) in [4.78, 5) is 12.3. The van der Waals surface area contributed by atoms with E-state index in [1.54, 1.807) is 36.0 Å². The van der Waals surface area contributed by atoms with Gasteiger partial charge < -0.3 is 10.1 Å². The maximum atomic E-state index is 12.3. The number of benzene rings is 2. The maximum Gasteiger partial charge on any atom is 0.232 e. The number of hydrogen-bond donors (Lipinski definition) is 1. The maximum absolute atomic E-state index is 12.3. The van der Waals surface area contributed by atoms with Crippen LogP contribution in [0.4, 0.5) is 10.8 Å². The molecule has 2 aromatic carbocycles. The molecule has 0 bridgehead atoms. The molecule has 0 fully saturated rings. The van der Waals surface area contributed by atoms with Crippen molar-refractivity contribution >= 4 is 49.8 Å². The molecule has 0 saturated carbocycles. The van der Waals surface area contributed by atoms with Gasteiger partial charge in [0.15, 0.2) is 4.34 Å². The zero-order valence-corrected chi connectivity index (χ0v) is 20.9. The first-order valence-corrected chi connectivity index (χ1v) is 14.0. The lowest BCUT2D eigenvalue weighted by Crippen LogP contribution is -2.31. The number of sulfonamides is 1. The monoisotopic (exact) mass is 506 g/mol. The van der Waals surface area contributed by atoms with Gasteiger partial charge in [-0.25, -0.2) is 8.42 Å². The van der Waals surface area contributed by atoms with E-state index >= 15 is 0 Å². The summed E-state index contributed by atoms with van der Waals surface area (Å²) in [7, 11) is -3.49. The topological polar surface area (TPSA) is 101 Å². The normalized spacial score (nSPS) is 11.2. The van der Waals surface area contributed by atoms with Gasteiger partial charge in [-0.3, -0.25) is 9.10 Å². The van der Waals surface area contributed by atoms with Crippen LogP contribution >= 0.6 is 23.1 Å². The Labute approximate surface area is 202 Å². The third-order valence-electron chi connectivity index (χ3n) is 4.46. The van der Waals surface area contributed by atoms with E-state index < -0.39 is 10.0 Å². The zero-order valence-electron chi connectivity index (χ0n) is 18.4. The Hall–Kier alpha value is -2.63. The molecule has 8 nitrogen and oxygen atoms in total. The molecule has 1 aromatic heterocycles. The zero-order chi connectivity index (χ0) is 23.7. The molecular weight excluding hydrogens is 480 g/mol. The van der Waals surface area contributed by atoms with E-state index in [1.807, 2.05) is 37.3 Å². The molecule has 0 unspecified atom stereocenters. The van der Waals surface area contributed by atoms with Gasteiger partial charge >= 0.3 is 0 Å². The molecule has 3 aromatic rings. The minimum atomic E-state index is -3.49. The minimum Gasteiger partial charge on any atom is -0.494 e. The van der Waals surface area contributed by atoms with Gasteiger partial charge in [0, 0.05) is 18.7 Å². The number of ether oxygens (including phenoxy) is 1. The third kappa shape index (κ3) is 8.02. The number of amides is 1. The van der Waals surface area contributed by atoms with E-state index in [2.05, 4.69) is 15.5 Å². The van der Waals surface area contributed by atoms with Crippen LogP contribution in [-0.2, 0) is 20.6 Å². The molecule has 33 heavy (non-hydrogen) atoms. The summed E-state index contributed by atoms with van der Waals surface area (Å²) in [6.07, 6.45) is 1.68. The van der Waals surface area contributed by atoms with Crippen LogP contribution in [0.15, 0.2) is 58.9 Å². The highest BCUT2D eigenvalue weighted by atomic mass is 32.2. The van der Waals surface area contributed by atoms with Crippen molar-refractivity contribution in [2.75, 3.05) is 29.0 Å². The predicted octanol–water partition coefficient (Wildman–Crippen LogP) is 4.41. The van der Waals surface area contributed by atoms with Gasteiger partial charge in [-0.05, 0) is 43.2 Å². The van der Waals surface area contributed by atoms with Gasteiger partial charge in [0.25, 0.3) is 0 Å². The van der Waals surface area contributed by atoms with Crippen LogP contribution < -0.4 is 14.4 Å². The fourth-order valence-electron chi connectivity index (χ4n) is 2.96. The Morgan fingerprint density at radius 3 is 2.52 bits per heavy atom. The Bertz CT molecular complexity index is 1140. The van der Waals surface area contributed by atoms with Crippen molar-refractivity contribution in [1.29, 1.82) is 0 Å². The molecule has 11 heteroatoms. The average Bonchev–Trinajstić information content (AvgIpc) is 3.23. The summed E-state index contributed by atoms with van der Waals surface area (Å²) >= 11 is 2.88. The first-order valence-electron chi connectivity index (χ1n) is 10.4. The summed E-state index contributed by atoms with van der Waals surface area (Å²) in [5.74, 6) is 1.22. The Kier molecular flexibility index (Phi) is 9.10. The smallest absolute Gasteiger partial charge is 0.232 e. The van der Waals surface area contributed by atoms with Crippen molar-refractivity contribution in [3.8, 4) is 5.75 Å². The molecular formula is C22H26N4O4S3. The van der Waals surface area contributed by atoms with Crippen molar-refractivity contribution in [1.82, 2.24) is 10.2 Å². The van der Waals surface area contributed by atoms with Crippen molar-refractivity contribution < 1.29 is 17.9 Å². The van der Waals surface area contributed by atoms with E-state index in [9.17, 15) is 13.2 Å². The number of carbonyl (C=O) groups excluding carboxylic acids is 1. The summed E-state index contributed by atoms with van der Waals surface area (Å²) in [5, 5.41) is 11.3. The van der Waals surface area contributed by atoms with Crippen LogP contribution in [-0.4, -0.2) is 43.9 Å². The van der Waals surface area contributed by atoms with Gasteiger partial charge in [0.05, 0.1) is 18.6 Å². The van der Waals surface area contributed by atoms with E-state index in [0.717, 1.165) is 16.3 Å². The Morgan fingerprint density at radius 1 is 1.12 bits per heavy atom. The number of nitrogens with zero attached hydrogens (tertiary/aromatic N) is 3. The molecule has 1 amide bonds. The van der Waals surface area contributed by atoms with Crippen molar-refractivity contribution in [3.05, 3.63) is 60.2 Å². The van der Waals surface area contributed by atoms with Crippen LogP contribution in [0.25, 0.3) is 0 Å². The number of rotatable bonds is 12. The summed E-state index contributed by atoms with van der Waals surface area (Å²) in [6, 6.07) is 16.9. The number of thioether (sulfide) groups is 1. The van der Waals surface area contributed by atoms with Gasteiger partial charge in [-0.1, -0.05) is 53.4 Å². The van der Waals surface area contributed by atoms with E-state index in [1.165, 1.54) is 21.2 Å². The van der Waals surface area contributed by atoms with Crippen molar-refractivity contribution in [3.63, 3.8) is 0 Å². The van der Waals surface area contributed by atoms with E-state index in [-0.39, 0.29) is 18.9 Å². The second kappa shape index (κ2) is 12.0. The first kappa shape index (κ1) is 25.0. The van der Waals surface area contributed by atoms with E-state index in [0.29, 0.717) is 29.6 Å². The average molecular weight is 507 g/mol. The SMILES string of the molecule is CCOc1ccc(N(CCCC(=O)Nc2nnc(SCc3ccccc3)s2)S(C)(=O)=O)cc1. The minimum absolute atomic E-state index is 0.162. The van der Waals surface area contributed by atoms with Gasteiger partial charge in [0.2, 0.25) is 21.1 Å². The van der Waals surface area contributed by atoms with Gasteiger partial charge in [-0.15, -0.1) is 10.2 Å². The predicted molar refractivity (Wildman–Crippen MR) is 134 cm³/mol. The quantitative estimate of drug-likeness (QED) is 0.287. The lowest BCUT2D eigenvalue weighted by molar-refractivity contribution is -0.116. The van der Waals surface area contributed by atoms with E-state index in [4.69, 9.17) is 4.74 Å². The number of carbonyl (C=O) groups is 1. The molecule has 0 aliphatic heterocycles. The lowest BCUT2D eigenvalue weighted by Gasteiger charge is -2.22. The largest absolute Gasteiger partial charge is 0.494 e. The molecule has 176 valence electrons. The van der Waals surface area contributed by atoms with Crippen LogP contribution in [0.5, 0.6) is 5.75 Å². The van der Waals surface area contributed by atoms with Gasteiger partial charge in [0.1, 0.15) is 5.75 Å². The standard InChI is InChI=1S/C22H26N4O4S3/c1-3-30-19-13-11-18(12-14-19)26(33(2,28)29)15-7-10-20(27)23-21-24-25-22(32-21)31-16-17-8-5-4-6-9-17/h4-6,8-9,11-14H,3,7,10,15-16H2,1-2H3,(H,23,24,27). The van der Waals surface area contributed by atoms with Crippen molar-refractivity contribution in [2.45, 2.75) is 29.9 Å². The molecule has 1 N–H and O–H groups in total. The van der Waals surface area contributed by atoms with Crippen LogP contribution in [0.3, 0.4) is 0 Å². The Morgan fingerprint density at radius 2 is 1.85 bits per heavy atom. The summed E-state index contributed by atoms with van der Waals surface area (Å²) in [5.41, 5.74) is 1.72. The second-order valence-corrected chi connectivity index (χ2v) is 11.2. The molecule has 0 atom stereocenters. The highest BCUT2D eigenvalue weighted by Crippen LogP contribution is 2.28. The molecule has 0 saturated heterocycles. The van der Waals surface area contributed by atoms with Crippen LogP contribution in [0.2, 0.25) is 0 Å². The molecule has 0 radical (unpaired) electrons. The number of aromatic nitrogens is 2. The number of hydrogen-bond acceptors (Lipinski definition) is 8. The second-order valence-electron chi connectivity index (χ2n) is 7.06. The number of anilines is 2. The summed E-state index contributed by atoms with van der Waals surface area (Å²) in [6.45, 7) is 2.61. The fraction of sp³-hybridized carbons (Fsp3) is 0.318. The molecule has 0 spiro atoms. The molecule has 0 aliphatic rings. The summed E-state index contributed by atoms with van der Waals surface area (Å²) < 4.78 is 32.0. The van der Waals surface area contributed by atoms with Crippen molar-refractivity contribution in [2.24, 2.45) is 0 Å². The first-order chi connectivity index (χ1) is 15.8. The van der Waals surface area contributed by atoms with Gasteiger partial charge in [-0.2, -0.15) is 0 Å². The fourth-order valence-corrected chi connectivity index (χ4v) is 5.65. The lowest BCUT2D eigenvalue weighted by atomic mass is 10.2. The Balaban J connectivity index is 1.48. The third-order valence-corrected chi connectivity index (χ3v) is 7.70.